The molecule has 2 aromatic rings. The zero-order valence-electron chi connectivity index (χ0n) is 9.55. The van der Waals surface area contributed by atoms with Gasteiger partial charge in [0.05, 0.1) is 9.85 Å². The minimum atomic E-state index is -0.700. The summed E-state index contributed by atoms with van der Waals surface area (Å²) in [6, 6.07) is 9.62. The number of hydrogen-bond acceptors (Lipinski definition) is 0. The highest BCUT2D eigenvalue weighted by molar-refractivity contribution is 9.10. The Hall–Kier alpha value is -0.930. The first-order valence-corrected chi connectivity index (χ1v) is 6.57. The van der Waals surface area contributed by atoms with E-state index in [4.69, 9.17) is 11.6 Å². The molecule has 0 aliphatic heterocycles. The van der Waals surface area contributed by atoms with Crippen molar-refractivity contribution in [2.45, 2.75) is 12.3 Å². The first-order valence-electron chi connectivity index (χ1n) is 5.34. The van der Waals surface area contributed by atoms with Crippen LogP contribution in [0.2, 0.25) is 0 Å². The van der Waals surface area contributed by atoms with Gasteiger partial charge < -0.3 is 0 Å². The number of halogens is 4. The normalized spacial score (nSPS) is 12.5. The minimum Gasteiger partial charge on any atom is -0.207 e. The Labute approximate surface area is 118 Å². The number of alkyl halides is 1. The summed E-state index contributed by atoms with van der Waals surface area (Å²) in [5, 5.41) is -0.700. The number of hydrogen-bond donors (Lipinski definition) is 0. The van der Waals surface area contributed by atoms with Gasteiger partial charge in [-0.15, -0.1) is 11.6 Å². The summed E-state index contributed by atoms with van der Waals surface area (Å²) in [6.07, 6.45) is 0. The van der Waals surface area contributed by atoms with Gasteiger partial charge in [-0.3, -0.25) is 0 Å². The highest BCUT2D eigenvalue weighted by Crippen LogP contribution is 2.34. The average molecular weight is 332 g/mol. The zero-order chi connectivity index (χ0) is 13.3. The Morgan fingerprint density at radius 1 is 1.06 bits per heavy atom. The van der Waals surface area contributed by atoms with Gasteiger partial charge in [-0.25, -0.2) is 8.78 Å². The third-order valence-electron chi connectivity index (χ3n) is 2.77. The van der Waals surface area contributed by atoms with Gasteiger partial charge >= 0.3 is 0 Å². The molecule has 0 aromatic heterocycles. The van der Waals surface area contributed by atoms with Crippen LogP contribution in [-0.4, -0.2) is 0 Å². The number of aryl methyl sites for hydroxylation is 1. The van der Waals surface area contributed by atoms with Crippen LogP contribution in [0, 0.1) is 18.6 Å². The smallest absolute Gasteiger partial charge is 0.137 e. The van der Waals surface area contributed by atoms with Crippen molar-refractivity contribution >= 4 is 27.5 Å². The van der Waals surface area contributed by atoms with Crippen molar-refractivity contribution in [2.75, 3.05) is 0 Å². The molecule has 0 amide bonds. The second-order valence-corrected chi connectivity index (χ2v) is 5.30. The van der Waals surface area contributed by atoms with E-state index in [9.17, 15) is 8.78 Å². The topological polar surface area (TPSA) is 0 Å². The van der Waals surface area contributed by atoms with Crippen LogP contribution in [0.4, 0.5) is 8.78 Å². The van der Waals surface area contributed by atoms with Crippen LogP contribution in [0.25, 0.3) is 0 Å². The van der Waals surface area contributed by atoms with Gasteiger partial charge in [0.1, 0.15) is 11.6 Å². The summed E-state index contributed by atoms with van der Waals surface area (Å²) >= 11 is 9.19. The molecule has 0 spiro atoms. The van der Waals surface area contributed by atoms with Crippen LogP contribution >= 0.6 is 27.5 Å². The Kier molecular flexibility index (Phi) is 4.03. The van der Waals surface area contributed by atoms with E-state index in [2.05, 4.69) is 15.9 Å². The molecule has 1 unspecified atom stereocenters. The summed E-state index contributed by atoms with van der Waals surface area (Å²) in [4.78, 5) is 0. The summed E-state index contributed by atoms with van der Waals surface area (Å²) in [6.45, 7) is 1.89. The molecule has 0 saturated heterocycles. The van der Waals surface area contributed by atoms with Gasteiger partial charge in [-0.2, -0.15) is 0 Å². The van der Waals surface area contributed by atoms with E-state index in [1.807, 2.05) is 31.2 Å². The van der Waals surface area contributed by atoms with E-state index in [0.717, 1.165) is 23.3 Å². The number of benzene rings is 2. The van der Waals surface area contributed by atoms with Gasteiger partial charge in [-0.1, -0.05) is 24.3 Å². The quantitative estimate of drug-likeness (QED) is 0.513. The summed E-state index contributed by atoms with van der Waals surface area (Å²) in [7, 11) is 0. The highest BCUT2D eigenvalue weighted by Gasteiger charge is 2.19. The third kappa shape index (κ3) is 2.57. The van der Waals surface area contributed by atoms with Crippen LogP contribution in [-0.2, 0) is 0 Å². The second kappa shape index (κ2) is 5.37. The van der Waals surface area contributed by atoms with Gasteiger partial charge in [-0.05, 0) is 46.1 Å². The van der Waals surface area contributed by atoms with Crippen LogP contribution in [0.15, 0.2) is 40.9 Å². The van der Waals surface area contributed by atoms with Crippen LogP contribution in [0.1, 0.15) is 22.1 Å². The molecule has 0 radical (unpaired) electrons. The summed E-state index contributed by atoms with van der Waals surface area (Å²) in [5.74, 6) is -1.04. The van der Waals surface area contributed by atoms with E-state index in [1.54, 1.807) is 0 Å². The second-order valence-electron chi connectivity index (χ2n) is 4.01. The fraction of sp³-hybridized carbons (Fsp3) is 0.143. The van der Waals surface area contributed by atoms with Crippen LogP contribution in [0.5, 0.6) is 0 Å². The lowest BCUT2D eigenvalue weighted by atomic mass is 9.99. The standard InChI is InChI=1S/C14H10BrClF2/c1-8-4-2-3-5-9(8)14(16)10-6-13(18)11(15)7-12(10)17/h2-7,14H,1H3. The molecule has 4 heteroatoms. The predicted molar refractivity (Wildman–Crippen MR) is 72.9 cm³/mol. The molecule has 2 rings (SSSR count). The third-order valence-corrected chi connectivity index (χ3v) is 3.85. The van der Waals surface area contributed by atoms with Gasteiger partial charge in [0, 0.05) is 5.56 Å². The molecule has 0 nitrogen and oxygen atoms in total. The maximum atomic E-state index is 13.8. The van der Waals surface area contributed by atoms with Crippen molar-refractivity contribution in [1.29, 1.82) is 0 Å². The molecule has 0 saturated carbocycles. The van der Waals surface area contributed by atoms with Crippen molar-refractivity contribution in [3.8, 4) is 0 Å². The van der Waals surface area contributed by atoms with Crippen LogP contribution in [0.3, 0.4) is 0 Å². The fourth-order valence-electron chi connectivity index (χ4n) is 1.77. The lowest BCUT2D eigenvalue weighted by molar-refractivity contribution is 0.582. The molecule has 0 fully saturated rings. The predicted octanol–water partition coefficient (Wildman–Crippen LogP) is 5.36. The maximum absolute atomic E-state index is 13.8. The number of rotatable bonds is 2. The largest absolute Gasteiger partial charge is 0.207 e. The lowest BCUT2D eigenvalue weighted by Gasteiger charge is -2.14. The highest BCUT2D eigenvalue weighted by atomic mass is 79.9. The average Bonchev–Trinajstić information content (AvgIpc) is 2.33. The van der Waals surface area contributed by atoms with Crippen molar-refractivity contribution in [1.82, 2.24) is 0 Å². The Morgan fingerprint density at radius 3 is 2.39 bits per heavy atom. The molecule has 94 valence electrons. The maximum Gasteiger partial charge on any atom is 0.137 e. The van der Waals surface area contributed by atoms with Crippen LogP contribution < -0.4 is 0 Å². The molecule has 0 bridgehead atoms. The first-order chi connectivity index (χ1) is 8.50. The fourth-order valence-corrected chi connectivity index (χ4v) is 2.50. The monoisotopic (exact) mass is 330 g/mol. The van der Waals surface area contributed by atoms with E-state index in [1.165, 1.54) is 0 Å². The van der Waals surface area contributed by atoms with Crippen molar-refractivity contribution in [2.24, 2.45) is 0 Å². The first kappa shape index (κ1) is 13.5. The molecular weight excluding hydrogens is 322 g/mol. The van der Waals surface area contributed by atoms with E-state index >= 15 is 0 Å². The van der Waals surface area contributed by atoms with E-state index < -0.39 is 17.0 Å². The van der Waals surface area contributed by atoms with Gasteiger partial charge in [0.25, 0.3) is 0 Å². The summed E-state index contributed by atoms with van der Waals surface area (Å²) < 4.78 is 27.4. The van der Waals surface area contributed by atoms with Crippen molar-refractivity contribution in [3.05, 3.63) is 69.2 Å². The molecule has 0 aliphatic rings. The lowest BCUT2D eigenvalue weighted by Crippen LogP contribution is -2.00. The van der Waals surface area contributed by atoms with Gasteiger partial charge in [0.2, 0.25) is 0 Å². The molecule has 0 aliphatic carbocycles. The Morgan fingerprint density at radius 2 is 1.72 bits per heavy atom. The Bertz CT molecular complexity index is 584. The molecule has 2 aromatic carbocycles. The summed E-state index contributed by atoms with van der Waals surface area (Å²) in [5.41, 5.74) is 1.87. The van der Waals surface area contributed by atoms with E-state index in [-0.39, 0.29) is 10.0 Å². The van der Waals surface area contributed by atoms with Gasteiger partial charge in [0.15, 0.2) is 0 Å². The molecule has 0 N–H and O–H groups in total. The Balaban J connectivity index is 2.50. The molecular formula is C14H10BrClF2. The zero-order valence-corrected chi connectivity index (χ0v) is 11.9. The van der Waals surface area contributed by atoms with Crippen molar-refractivity contribution < 1.29 is 8.78 Å². The van der Waals surface area contributed by atoms with Crippen molar-refractivity contribution in [3.63, 3.8) is 0 Å². The molecule has 1 atom stereocenters. The SMILES string of the molecule is Cc1ccccc1C(Cl)c1cc(F)c(Br)cc1F. The van der Waals surface area contributed by atoms with E-state index in [0.29, 0.717) is 0 Å². The molecule has 0 heterocycles. The molecule has 18 heavy (non-hydrogen) atoms. The minimum absolute atomic E-state index is 0.0948.